The summed E-state index contributed by atoms with van der Waals surface area (Å²) in [5.74, 6) is 1.86. The lowest BCUT2D eigenvalue weighted by molar-refractivity contribution is 0.165. The van der Waals surface area contributed by atoms with E-state index in [1.54, 1.807) is 7.11 Å². The summed E-state index contributed by atoms with van der Waals surface area (Å²) in [4.78, 5) is 11.8. The molecule has 2 unspecified atom stereocenters. The first kappa shape index (κ1) is 15.8. The molecule has 3 aromatic rings. The molecule has 0 amide bonds. The molecule has 5 rings (SSSR count). The van der Waals surface area contributed by atoms with Gasteiger partial charge in [-0.25, -0.2) is 9.97 Å². The first-order valence-corrected chi connectivity index (χ1v) is 9.37. The molecule has 1 aromatic heterocycles. The van der Waals surface area contributed by atoms with E-state index in [1.807, 2.05) is 6.92 Å². The minimum absolute atomic E-state index is 0.424. The van der Waals surface area contributed by atoms with E-state index in [2.05, 4.69) is 52.5 Å². The van der Waals surface area contributed by atoms with Gasteiger partial charge in [0.15, 0.2) is 0 Å². The van der Waals surface area contributed by atoms with E-state index < -0.39 is 0 Å². The molecule has 2 atom stereocenters. The second kappa shape index (κ2) is 6.06. The van der Waals surface area contributed by atoms with Gasteiger partial charge >= 0.3 is 0 Å². The Kier molecular flexibility index (Phi) is 3.68. The molecule has 2 aliphatic heterocycles. The fourth-order valence-electron chi connectivity index (χ4n) is 4.77. The van der Waals surface area contributed by atoms with E-state index in [0.717, 1.165) is 24.5 Å². The average Bonchev–Trinajstić information content (AvgIpc) is 2.94. The maximum Gasteiger partial charge on any atom is 0.125 e. The molecule has 0 spiro atoms. The van der Waals surface area contributed by atoms with Crippen LogP contribution in [0.15, 0.2) is 42.6 Å². The lowest BCUT2D eigenvalue weighted by atomic mass is 9.96. The van der Waals surface area contributed by atoms with Gasteiger partial charge in [0.1, 0.15) is 11.6 Å². The lowest BCUT2D eigenvalue weighted by Crippen LogP contribution is -2.37. The number of aryl methyl sites for hydroxylation is 1. The predicted octanol–water partition coefficient (Wildman–Crippen LogP) is 4.21. The van der Waals surface area contributed by atoms with Crippen LogP contribution in [0, 0.1) is 6.92 Å². The topological polar surface area (TPSA) is 38.2 Å². The van der Waals surface area contributed by atoms with Crippen LogP contribution in [0.4, 0.5) is 0 Å². The van der Waals surface area contributed by atoms with Crippen LogP contribution < -0.4 is 4.74 Å². The van der Waals surface area contributed by atoms with Crippen LogP contribution in [-0.4, -0.2) is 28.0 Å². The van der Waals surface area contributed by atoms with E-state index in [0.29, 0.717) is 12.1 Å². The summed E-state index contributed by atoms with van der Waals surface area (Å²) < 4.78 is 5.72. The van der Waals surface area contributed by atoms with Gasteiger partial charge in [-0.05, 0) is 36.6 Å². The number of nitrogens with zero attached hydrogens (tertiary/aromatic N) is 3. The number of benzene rings is 2. The first-order valence-electron chi connectivity index (χ1n) is 9.37. The molecule has 2 bridgehead atoms. The van der Waals surface area contributed by atoms with Crippen molar-refractivity contribution < 1.29 is 4.74 Å². The highest BCUT2D eigenvalue weighted by Gasteiger charge is 2.41. The zero-order valence-electron chi connectivity index (χ0n) is 15.3. The Morgan fingerprint density at radius 2 is 2.04 bits per heavy atom. The number of hydrogen-bond donors (Lipinski definition) is 0. The fourth-order valence-corrected chi connectivity index (χ4v) is 4.77. The minimum atomic E-state index is 0.424. The third kappa shape index (κ3) is 2.40. The normalized spacial score (nSPS) is 21.8. The van der Waals surface area contributed by atoms with E-state index >= 15 is 0 Å². The van der Waals surface area contributed by atoms with Crippen molar-refractivity contribution in [1.82, 2.24) is 14.9 Å². The van der Waals surface area contributed by atoms with Crippen LogP contribution >= 0.6 is 0 Å². The molecule has 2 aliphatic rings. The molecule has 0 aliphatic carbocycles. The second-order valence-electron chi connectivity index (χ2n) is 7.41. The van der Waals surface area contributed by atoms with Crippen molar-refractivity contribution in [3.05, 3.63) is 65.2 Å². The first-order chi connectivity index (χ1) is 12.7. The average molecular weight is 345 g/mol. The molecule has 132 valence electrons. The summed E-state index contributed by atoms with van der Waals surface area (Å²) in [5, 5.41) is 2.56. The smallest absolute Gasteiger partial charge is 0.125 e. The third-order valence-corrected chi connectivity index (χ3v) is 6.01. The summed E-state index contributed by atoms with van der Waals surface area (Å²) in [6.45, 7) is 2.89. The van der Waals surface area contributed by atoms with Crippen molar-refractivity contribution >= 4 is 10.8 Å². The molecule has 0 saturated carbocycles. The number of ether oxygens (including phenoxy) is 1. The summed E-state index contributed by atoms with van der Waals surface area (Å²) >= 11 is 0. The van der Waals surface area contributed by atoms with Crippen LogP contribution in [-0.2, 0) is 13.0 Å². The Morgan fingerprint density at radius 3 is 2.92 bits per heavy atom. The highest BCUT2D eigenvalue weighted by atomic mass is 16.5. The summed E-state index contributed by atoms with van der Waals surface area (Å²) in [5.41, 5.74) is 3.87. The Hall–Kier alpha value is -2.46. The van der Waals surface area contributed by atoms with Gasteiger partial charge in [0.25, 0.3) is 0 Å². The number of aromatic nitrogens is 2. The van der Waals surface area contributed by atoms with Gasteiger partial charge in [0.05, 0.1) is 12.8 Å². The molecule has 26 heavy (non-hydrogen) atoms. The Bertz CT molecular complexity index is 984. The van der Waals surface area contributed by atoms with Crippen molar-refractivity contribution in [3.8, 4) is 5.75 Å². The van der Waals surface area contributed by atoms with Gasteiger partial charge in [0.2, 0.25) is 0 Å². The molecule has 0 N–H and O–H groups in total. The minimum Gasteiger partial charge on any atom is -0.496 e. The molecule has 4 nitrogen and oxygen atoms in total. The Labute approximate surface area is 153 Å². The quantitative estimate of drug-likeness (QED) is 0.713. The molecule has 3 heterocycles. The molecule has 1 saturated heterocycles. The zero-order valence-corrected chi connectivity index (χ0v) is 15.3. The van der Waals surface area contributed by atoms with E-state index in [1.165, 1.54) is 40.4 Å². The molecular formula is C22H23N3O. The van der Waals surface area contributed by atoms with Crippen molar-refractivity contribution in [2.45, 2.75) is 44.8 Å². The SMILES string of the molecule is COc1ccc2ccccc2c1CN1C2CCC1c1cnc(C)nc1C2. The lowest BCUT2D eigenvalue weighted by Gasteiger charge is -2.36. The predicted molar refractivity (Wildman–Crippen MR) is 102 cm³/mol. The molecule has 2 aromatic carbocycles. The van der Waals surface area contributed by atoms with Gasteiger partial charge < -0.3 is 4.74 Å². The number of fused-ring (bicyclic) bond motifs is 5. The van der Waals surface area contributed by atoms with Crippen LogP contribution in [0.2, 0.25) is 0 Å². The summed E-state index contributed by atoms with van der Waals surface area (Å²) in [7, 11) is 1.77. The number of rotatable bonds is 3. The standard InChI is InChI=1S/C22H23N3O/c1-14-23-12-18-20(24-14)11-16-8-9-21(18)25(16)13-19-17-6-4-3-5-15(17)7-10-22(19)26-2/h3-7,10,12,16,21H,8-9,11,13H2,1-2H3. The maximum absolute atomic E-state index is 5.72. The maximum atomic E-state index is 5.72. The van der Waals surface area contributed by atoms with Gasteiger partial charge in [-0.1, -0.05) is 30.3 Å². The summed E-state index contributed by atoms with van der Waals surface area (Å²) in [6.07, 6.45) is 5.50. The number of methoxy groups -OCH3 is 1. The van der Waals surface area contributed by atoms with E-state index in [-0.39, 0.29) is 0 Å². The summed E-state index contributed by atoms with van der Waals surface area (Å²) in [6, 6.07) is 13.8. The van der Waals surface area contributed by atoms with Crippen LogP contribution in [0.5, 0.6) is 5.75 Å². The van der Waals surface area contributed by atoms with Crippen molar-refractivity contribution in [2.24, 2.45) is 0 Å². The van der Waals surface area contributed by atoms with Crippen molar-refractivity contribution in [2.75, 3.05) is 7.11 Å². The molecule has 4 heteroatoms. The van der Waals surface area contributed by atoms with Gasteiger partial charge in [-0.15, -0.1) is 0 Å². The molecule has 1 fully saturated rings. The van der Waals surface area contributed by atoms with Crippen LogP contribution in [0.3, 0.4) is 0 Å². The van der Waals surface area contributed by atoms with E-state index in [4.69, 9.17) is 9.72 Å². The molecule has 0 radical (unpaired) electrons. The monoisotopic (exact) mass is 345 g/mol. The second-order valence-corrected chi connectivity index (χ2v) is 7.41. The Balaban J connectivity index is 1.57. The van der Waals surface area contributed by atoms with Crippen LogP contribution in [0.25, 0.3) is 10.8 Å². The highest BCUT2D eigenvalue weighted by molar-refractivity contribution is 5.87. The highest BCUT2D eigenvalue weighted by Crippen LogP contribution is 2.45. The van der Waals surface area contributed by atoms with E-state index in [9.17, 15) is 0 Å². The van der Waals surface area contributed by atoms with Crippen molar-refractivity contribution in [1.29, 1.82) is 0 Å². The number of hydrogen-bond acceptors (Lipinski definition) is 4. The Morgan fingerprint density at radius 1 is 1.15 bits per heavy atom. The van der Waals surface area contributed by atoms with Crippen LogP contribution in [0.1, 0.15) is 41.5 Å². The largest absolute Gasteiger partial charge is 0.496 e. The van der Waals surface area contributed by atoms with Gasteiger partial charge in [-0.2, -0.15) is 0 Å². The van der Waals surface area contributed by atoms with Gasteiger partial charge in [0, 0.05) is 42.4 Å². The zero-order chi connectivity index (χ0) is 17.7. The molecular weight excluding hydrogens is 322 g/mol. The third-order valence-electron chi connectivity index (χ3n) is 6.01. The fraction of sp³-hybridized carbons (Fsp3) is 0.364. The van der Waals surface area contributed by atoms with Crippen molar-refractivity contribution in [3.63, 3.8) is 0 Å². The van der Waals surface area contributed by atoms with Gasteiger partial charge in [-0.3, -0.25) is 4.90 Å².